The van der Waals surface area contributed by atoms with Gasteiger partial charge in [-0.25, -0.2) is 4.98 Å². The van der Waals surface area contributed by atoms with Gasteiger partial charge in [0.2, 0.25) is 5.91 Å². The number of nitrogens with zero attached hydrogens (tertiary/aromatic N) is 2. The van der Waals surface area contributed by atoms with E-state index in [2.05, 4.69) is 5.32 Å². The third-order valence-corrected chi connectivity index (χ3v) is 6.45. The Balaban J connectivity index is 1.43. The van der Waals surface area contributed by atoms with E-state index in [0.717, 1.165) is 33.3 Å². The SMILES string of the molecule is Cc1cc(C)c(NC(=O)CN(C)C(=O)c2cc(-c3ccc4c(c3)OCCO4)nc3ccccc23)c(C)c1. The van der Waals surface area contributed by atoms with Crippen molar-refractivity contribution in [2.75, 3.05) is 32.1 Å². The first-order valence-corrected chi connectivity index (χ1v) is 12.2. The smallest absolute Gasteiger partial charge is 0.254 e. The zero-order chi connectivity index (χ0) is 26.1. The first-order chi connectivity index (χ1) is 17.8. The lowest BCUT2D eigenvalue weighted by Crippen LogP contribution is -2.35. The summed E-state index contributed by atoms with van der Waals surface area (Å²) >= 11 is 0. The molecule has 0 bridgehead atoms. The molecule has 0 saturated heterocycles. The van der Waals surface area contributed by atoms with Crippen molar-refractivity contribution < 1.29 is 19.1 Å². The predicted molar refractivity (Wildman–Crippen MR) is 144 cm³/mol. The Morgan fingerprint density at radius 3 is 2.38 bits per heavy atom. The molecule has 0 atom stereocenters. The minimum Gasteiger partial charge on any atom is -0.486 e. The summed E-state index contributed by atoms with van der Waals surface area (Å²) < 4.78 is 11.4. The number of pyridine rings is 1. The number of anilines is 1. The second-order valence-electron chi connectivity index (χ2n) is 9.41. The molecule has 0 spiro atoms. The molecule has 1 N–H and O–H groups in total. The fraction of sp³-hybridized carbons (Fsp3) is 0.233. The van der Waals surface area contributed by atoms with Crippen molar-refractivity contribution in [1.82, 2.24) is 9.88 Å². The van der Waals surface area contributed by atoms with Crippen LogP contribution in [-0.4, -0.2) is 48.5 Å². The molecule has 0 fully saturated rings. The van der Waals surface area contributed by atoms with E-state index in [1.807, 2.05) is 75.4 Å². The third-order valence-electron chi connectivity index (χ3n) is 6.45. The Bertz CT molecular complexity index is 1510. The monoisotopic (exact) mass is 495 g/mol. The van der Waals surface area contributed by atoms with E-state index in [1.54, 1.807) is 13.1 Å². The topological polar surface area (TPSA) is 80.8 Å². The number of aryl methyl sites for hydroxylation is 3. The number of hydrogen-bond donors (Lipinski definition) is 1. The maximum absolute atomic E-state index is 13.6. The molecule has 0 radical (unpaired) electrons. The van der Waals surface area contributed by atoms with Crippen LogP contribution < -0.4 is 14.8 Å². The first-order valence-electron chi connectivity index (χ1n) is 12.2. The number of carbonyl (C=O) groups excluding carboxylic acids is 2. The molecule has 7 nitrogen and oxygen atoms in total. The normalized spacial score (nSPS) is 12.3. The molecule has 37 heavy (non-hydrogen) atoms. The van der Waals surface area contributed by atoms with Crippen LogP contribution in [0.15, 0.2) is 60.7 Å². The molecule has 7 heteroatoms. The van der Waals surface area contributed by atoms with Crippen molar-refractivity contribution in [3.05, 3.63) is 82.9 Å². The molecule has 1 aromatic heterocycles. The van der Waals surface area contributed by atoms with Gasteiger partial charge in [-0.05, 0) is 62.2 Å². The number of ether oxygens (including phenoxy) is 2. The third kappa shape index (κ3) is 4.98. The molecule has 2 heterocycles. The fourth-order valence-electron chi connectivity index (χ4n) is 4.75. The van der Waals surface area contributed by atoms with Crippen molar-refractivity contribution in [2.24, 2.45) is 0 Å². The molecule has 2 amide bonds. The van der Waals surface area contributed by atoms with Gasteiger partial charge >= 0.3 is 0 Å². The minimum absolute atomic E-state index is 0.0817. The number of hydrogen-bond acceptors (Lipinski definition) is 5. The molecular formula is C30H29N3O4. The van der Waals surface area contributed by atoms with Gasteiger partial charge in [0.05, 0.1) is 23.3 Å². The lowest BCUT2D eigenvalue weighted by Gasteiger charge is -2.20. The van der Waals surface area contributed by atoms with E-state index in [-0.39, 0.29) is 18.4 Å². The quantitative estimate of drug-likeness (QED) is 0.406. The summed E-state index contributed by atoms with van der Waals surface area (Å²) in [4.78, 5) is 32.7. The minimum atomic E-state index is -0.259. The van der Waals surface area contributed by atoms with E-state index in [0.29, 0.717) is 41.5 Å². The number of para-hydroxylation sites is 1. The number of nitrogens with one attached hydrogen (secondary N) is 1. The molecule has 1 aliphatic rings. The molecule has 0 unspecified atom stereocenters. The summed E-state index contributed by atoms with van der Waals surface area (Å²) in [5.41, 5.74) is 6.53. The summed E-state index contributed by atoms with van der Waals surface area (Å²) in [5.74, 6) is 0.833. The summed E-state index contributed by atoms with van der Waals surface area (Å²) in [6.07, 6.45) is 0. The van der Waals surface area contributed by atoms with Gasteiger partial charge in [0.25, 0.3) is 5.91 Å². The molecule has 5 rings (SSSR count). The fourth-order valence-corrected chi connectivity index (χ4v) is 4.75. The largest absolute Gasteiger partial charge is 0.486 e. The van der Waals surface area contributed by atoms with Gasteiger partial charge in [0.15, 0.2) is 11.5 Å². The van der Waals surface area contributed by atoms with E-state index < -0.39 is 0 Å². The predicted octanol–water partition coefficient (Wildman–Crippen LogP) is 5.31. The van der Waals surface area contributed by atoms with Crippen LogP contribution >= 0.6 is 0 Å². The van der Waals surface area contributed by atoms with Crippen LogP contribution in [0.2, 0.25) is 0 Å². The number of aromatic nitrogens is 1. The zero-order valence-corrected chi connectivity index (χ0v) is 21.4. The Labute approximate surface area is 216 Å². The van der Waals surface area contributed by atoms with Crippen LogP contribution in [0.25, 0.3) is 22.2 Å². The molecule has 0 saturated carbocycles. The number of fused-ring (bicyclic) bond motifs is 2. The number of rotatable bonds is 5. The van der Waals surface area contributed by atoms with Gasteiger partial charge in [-0.1, -0.05) is 35.9 Å². The van der Waals surface area contributed by atoms with E-state index in [9.17, 15) is 9.59 Å². The Morgan fingerprint density at radius 1 is 0.919 bits per heavy atom. The van der Waals surface area contributed by atoms with Crippen LogP contribution in [0.5, 0.6) is 11.5 Å². The van der Waals surface area contributed by atoms with Gasteiger partial charge in [-0.2, -0.15) is 0 Å². The number of carbonyl (C=O) groups is 2. The summed E-state index contributed by atoms with van der Waals surface area (Å²) in [5, 5.41) is 3.70. The van der Waals surface area contributed by atoms with Gasteiger partial charge in [0, 0.05) is 23.7 Å². The maximum atomic E-state index is 13.6. The summed E-state index contributed by atoms with van der Waals surface area (Å²) in [7, 11) is 1.63. The van der Waals surface area contributed by atoms with Gasteiger partial charge in [-0.15, -0.1) is 0 Å². The van der Waals surface area contributed by atoms with Crippen molar-refractivity contribution in [3.8, 4) is 22.8 Å². The van der Waals surface area contributed by atoms with Crippen molar-refractivity contribution in [3.63, 3.8) is 0 Å². The molecule has 1 aliphatic heterocycles. The lowest BCUT2D eigenvalue weighted by molar-refractivity contribution is -0.116. The molecule has 3 aromatic carbocycles. The van der Waals surface area contributed by atoms with Crippen molar-refractivity contribution in [1.29, 1.82) is 0 Å². The van der Waals surface area contributed by atoms with Crippen LogP contribution in [0.1, 0.15) is 27.0 Å². The van der Waals surface area contributed by atoms with Crippen LogP contribution in [0, 0.1) is 20.8 Å². The van der Waals surface area contributed by atoms with E-state index in [1.165, 1.54) is 4.90 Å². The van der Waals surface area contributed by atoms with Crippen LogP contribution in [-0.2, 0) is 4.79 Å². The zero-order valence-electron chi connectivity index (χ0n) is 21.4. The second kappa shape index (κ2) is 9.93. The molecular weight excluding hydrogens is 466 g/mol. The van der Waals surface area contributed by atoms with E-state index >= 15 is 0 Å². The number of benzene rings is 3. The van der Waals surface area contributed by atoms with Crippen molar-refractivity contribution >= 4 is 28.4 Å². The van der Waals surface area contributed by atoms with E-state index in [4.69, 9.17) is 14.5 Å². The highest BCUT2D eigenvalue weighted by Gasteiger charge is 2.21. The molecule has 188 valence electrons. The first kappa shape index (κ1) is 24.3. The average Bonchev–Trinajstić information content (AvgIpc) is 2.89. The molecule has 4 aromatic rings. The average molecular weight is 496 g/mol. The van der Waals surface area contributed by atoms with Crippen LogP contribution in [0.4, 0.5) is 5.69 Å². The standard InChI is InChI=1S/C30H29N3O4/c1-18-13-19(2)29(20(3)14-18)32-28(34)17-33(4)30(35)23-16-25(31-24-8-6-5-7-22(23)24)21-9-10-26-27(15-21)37-12-11-36-26/h5-10,13-16H,11-12,17H2,1-4H3,(H,32,34). The Kier molecular flexibility index (Phi) is 6.53. The van der Waals surface area contributed by atoms with Crippen molar-refractivity contribution in [2.45, 2.75) is 20.8 Å². The highest BCUT2D eigenvalue weighted by Crippen LogP contribution is 2.35. The number of amides is 2. The molecule has 0 aliphatic carbocycles. The second-order valence-corrected chi connectivity index (χ2v) is 9.41. The van der Waals surface area contributed by atoms with Gasteiger partial charge in [-0.3, -0.25) is 9.59 Å². The maximum Gasteiger partial charge on any atom is 0.254 e. The van der Waals surface area contributed by atoms with Gasteiger partial charge < -0.3 is 19.7 Å². The lowest BCUT2D eigenvalue weighted by atomic mass is 10.0. The highest BCUT2D eigenvalue weighted by molar-refractivity contribution is 6.08. The summed E-state index contributed by atoms with van der Waals surface area (Å²) in [6.45, 7) is 6.87. The van der Waals surface area contributed by atoms with Crippen LogP contribution in [0.3, 0.4) is 0 Å². The highest BCUT2D eigenvalue weighted by atomic mass is 16.6. The Hall–Kier alpha value is -4.39. The number of likely N-dealkylation sites (N-methyl/N-ethyl adjacent to an activating group) is 1. The Morgan fingerprint density at radius 2 is 1.62 bits per heavy atom. The summed E-state index contributed by atoms with van der Waals surface area (Å²) in [6, 6.07) is 19.0. The van der Waals surface area contributed by atoms with Gasteiger partial charge in [0.1, 0.15) is 13.2 Å².